The molecule has 2 aromatic rings. The van der Waals surface area contributed by atoms with Crippen molar-refractivity contribution in [2.24, 2.45) is 5.73 Å². The summed E-state index contributed by atoms with van der Waals surface area (Å²) in [5, 5.41) is 1.16. The summed E-state index contributed by atoms with van der Waals surface area (Å²) in [5.74, 6) is 0. The van der Waals surface area contributed by atoms with E-state index in [-0.39, 0.29) is 0 Å². The Morgan fingerprint density at radius 1 is 1.25 bits per heavy atom. The van der Waals surface area contributed by atoms with Gasteiger partial charge in [-0.25, -0.2) is 17.9 Å². The van der Waals surface area contributed by atoms with Crippen LogP contribution in [0.5, 0.6) is 0 Å². The number of thiol groups is 1. The summed E-state index contributed by atoms with van der Waals surface area (Å²) in [5.41, 5.74) is 5.32. The minimum Gasteiger partial charge on any atom is -0.464 e. The number of hydrogen-bond acceptors (Lipinski definition) is 4. The summed E-state index contributed by atoms with van der Waals surface area (Å²) in [6, 6.07) is 8.84. The molecule has 1 aromatic carbocycles. The number of carbonyl (C=O) groups excluding carboxylic acids is 1. The molecular weight excluding hydrogens is 232 g/mol. The van der Waals surface area contributed by atoms with Gasteiger partial charge in [-0.1, -0.05) is 18.2 Å². The van der Waals surface area contributed by atoms with Crippen LogP contribution in [0.2, 0.25) is 0 Å². The van der Waals surface area contributed by atoms with Gasteiger partial charge in [-0.3, -0.25) is 0 Å². The van der Waals surface area contributed by atoms with Gasteiger partial charge in [-0.05, 0) is 12.1 Å². The Hall–Kier alpha value is -2.02. The van der Waals surface area contributed by atoms with E-state index in [1.807, 2.05) is 30.3 Å². The molecule has 7 heteroatoms. The molecule has 86 valence electrons. The fraction of sp³-hybridized carbons (Fsp3) is 0. The molecule has 0 saturated heterocycles. The maximum absolute atomic E-state index is 9.54. The van der Waals surface area contributed by atoms with Gasteiger partial charge in [0, 0.05) is 5.39 Å². The first-order chi connectivity index (χ1) is 7.59. The first-order valence-corrected chi connectivity index (χ1v) is 5.40. The number of amides is 2. The highest BCUT2D eigenvalue weighted by atomic mass is 32.2. The van der Waals surface area contributed by atoms with Crippen molar-refractivity contribution < 1.29 is 17.6 Å². The van der Waals surface area contributed by atoms with Crippen LogP contribution in [0.4, 0.5) is 4.79 Å². The topological polar surface area (TPSA) is 102 Å². The van der Waals surface area contributed by atoms with E-state index in [0.717, 1.165) is 11.0 Å². The third-order valence-corrected chi connectivity index (χ3v) is 1.97. The lowest BCUT2D eigenvalue weighted by Crippen LogP contribution is -2.27. The summed E-state index contributed by atoms with van der Waals surface area (Å²) in [4.78, 5) is 9.54. The summed E-state index contributed by atoms with van der Waals surface area (Å²) in [6.07, 6.45) is 1.70. The average Bonchev–Trinajstić information content (AvgIpc) is 2.63. The predicted octanol–water partition coefficient (Wildman–Crippen LogP) is 0.614. The molecule has 1 aromatic heterocycles. The summed E-state index contributed by atoms with van der Waals surface area (Å²) in [7, 11) is -2.86. The maximum atomic E-state index is 9.54. The number of nitrogens with one attached hydrogen (secondary N) is 1. The van der Waals surface area contributed by atoms with Gasteiger partial charge in [0.05, 0.1) is 6.26 Å². The first-order valence-electron chi connectivity index (χ1n) is 4.22. The minimum atomic E-state index is -2.86. The number of benzene rings is 1. The highest BCUT2D eigenvalue weighted by Gasteiger charge is 1.89. The normalized spacial score (nSPS) is 9.56. The van der Waals surface area contributed by atoms with Gasteiger partial charge in [0.1, 0.15) is 5.58 Å². The van der Waals surface area contributed by atoms with Gasteiger partial charge >= 0.3 is 6.03 Å². The molecule has 0 aliphatic carbocycles. The number of urea groups is 1. The number of rotatable bonds is 1. The molecule has 6 nitrogen and oxygen atoms in total. The molecule has 0 atom stereocenters. The van der Waals surface area contributed by atoms with Gasteiger partial charge in [0.2, 0.25) is 10.9 Å². The van der Waals surface area contributed by atoms with Crippen molar-refractivity contribution in [3.05, 3.63) is 36.6 Å². The van der Waals surface area contributed by atoms with E-state index in [1.165, 1.54) is 4.72 Å². The standard InChI is InChI=1S/C8H6O.CH4N2O3S/c1-2-4-8-7(3-1)5-6-9-8;2-1(4)3-7(5)6/h1-6H;7H,(H3,2,3,4,5,6). The molecule has 0 fully saturated rings. The predicted molar refractivity (Wildman–Crippen MR) is 59.2 cm³/mol. The number of nitrogens with two attached hydrogens (primary N) is 1. The van der Waals surface area contributed by atoms with Crippen LogP contribution in [-0.4, -0.2) is 14.4 Å². The number of furan rings is 1. The Bertz CT molecular complexity index is 509. The van der Waals surface area contributed by atoms with Crippen molar-refractivity contribution in [1.29, 1.82) is 0 Å². The van der Waals surface area contributed by atoms with Gasteiger partial charge in [-0.2, -0.15) is 0 Å². The highest BCUT2D eigenvalue weighted by Crippen LogP contribution is 2.12. The van der Waals surface area contributed by atoms with Crippen molar-refractivity contribution in [2.75, 3.05) is 0 Å². The molecule has 0 aliphatic heterocycles. The van der Waals surface area contributed by atoms with Crippen LogP contribution in [0.3, 0.4) is 0 Å². The lowest BCUT2D eigenvalue weighted by Gasteiger charge is -1.82. The Labute approximate surface area is 93.1 Å². The van der Waals surface area contributed by atoms with Crippen LogP contribution in [-0.2, 0) is 10.9 Å². The van der Waals surface area contributed by atoms with Crippen LogP contribution in [0.1, 0.15) is 0 Å². The van der Waals surface area contributed by atoms with Crippen LogP contribution in [0.15, 0.2) is 41.0 Å². The fourth-order valence-corrected chi connectivity index (χ4v) is 1.18. The Kier molecular flexibility index (Phi) is 4.34. The highest BCUT2D eigenvalue weighted by molar-refractivity contribution is 7.70. The van der Waals surface area contributed by atoms with Crippen molar-refractivity contribution in [3.63, 3.8) is 0 Å². The summed E-state index contributed by atoms with van der Waals surface area (Å²) < 4.78 is 25.4. The van der Waals surface area contributed by atoms with E-state index < -0.39 is 16.9 Å². The Morgan fingerprint density at radius 2 is 1.94 bits per heavy atom. The van der Waals surface area contributed by atoms with Crippen molar-refractivity contribution in [1.82, 2.24) is 4.72 Å². The molecule has 0 spiro atoms. The van der Waals surface area contributed by atoms with Gasteiger partial charge in [-0.15, -0.1) is 0 Å². The zero-order valence-electron chi connectivity index (χ0n) is 8.12. The molecule has 2 rings (SSSR count). The number of carbonyl (C=O) groups is 1. The van der Waals surface area contributed by atoms with Crippen molar-refractivity contribution in [3.8, 4) is 0 Å². The summed E-state index contributed by atoms with van der Waals surface area (Å²) >= 11 is 0. The molecule has 0 bridgehead atoms. The lowest BCUT2D eigenvalue weighted by atomic mass is 10.3. The minimum absolute atomic E-state index is 0.956. The second-order valence-electron chi connectivity index (χ2n) is 2.69. The van der Waals surface area contributed by atoms with E-state index in [2.05, 4.69) is 5.73 Å². The molecule has 1 heterocycles. The Balaban J connectivity index is 0.000000168. The molecule has 2 amide bonds. The molecule has 3 N–H and O–H groups in total. The van der Waals surface area contributed by atoms with Gasteiger partial charge < -0.3 is 10.2 Å². The molecule has 0 aliphatic rings. The zero-order chi connectivity index (χ0) is 12.0. The van der Waals surface area contributed by atoms with E-state index >= 15 is 0 Å². The van der Waals surface area contributed by atoms with Crippen molar-refractivity contribution >= 4 is 27.9 Å². The number of primary amides is 1. The van der Waals surface area contributed by atoms with Crippen LogP contribution >= 0.6 is 0 Å². The third kappa shape index (κ3) is 4.01. The second-order valence-corrected chi connectivity index (χ2v) is 3.43. The lowest BCUT2D eigenvalue weighted by molar-refractivity contribution is 0.254. The first kappa shape index (κ1) is 12.1. The zero-order valence-corrected chi connectivity index (χ0v) is 9.02. The molecule has 0 radical (unpaired) electrons. The quantitative estimate of drug-likeness (QED) is 0.637. The molecule has 16 heavy (non-hydrogen) atoms. The monoisotopic (exact) mass is 242 g/mol. The molecule has 0 saturated carbocycles. The van der Waals surface area contributed by atoms with E-state index in [4.69, 9.17) is 4.42 Å². The number of para-hydroxylation sites is 1. The van der Waals surface area contributed by atoms with Crippen LogP contribution in [0, 0.1) is 0 Å². The fourth-order valence-electron chi connectivity index (χ4n) is 0.996. The van der Waals surface area contributed by atoms with E-state index in [0.29, 0.717) is 0 Å². The van der Waals surface area contributed by atoms with Gasteiger partial charge in [0.25, 0.3) is 0 Å². The Morgan fingerprint density at radius 3 is 2.44 bits per heavy atom. The summed E-state index contributed by atoms with van der Waals surface area (Å²) in [6.45, 7) is 0. The molecular formula is C9H10N2O4S. The van der Waals surface area contributed by atoms with Gasteiger partial charge in [0.15, 0.2) is 0 Å². The number of hydrogen-bond donors (Lipinski definition) is 3. The molecule has 0 unspecified atom stereocenters. The van der Waals surface area contributed by atoms with Crippen molar-refractivity contribution in [2.45, 2.75) is 0 Å². The maximum Gasteiger partial charge on any atom is 0.325 e. The average molecular weight is 242 g/mol. The van der Waals surface area contributed by atoms with E-state index in [9.17, 15) is 13.2 Å². The third-order valence-electron chi connectivity index (χ3n) is 1.56. The largest absolute Gasteiger partial charge is 0.464 e. The number of fused-ring (bicyclic) bond motifs is 1. The SMILES string of the molecule is NC(=O)N[SH](=O)=O.c1ccc2occc2c1. The van der Waals surface area contributed by atoms with Crippen LogP contribution < -0.4 is 10.5 Å². The van der Waals surface area contributed by atoms with Crippen LogP contribution in [0.25, 0.3) is 11.0 Å². The smallest absolute Gasteiger partial charge is 0.325 e. The second kappa shape index (κ2) is 5.76. The van der Waals surface area contributed by atoms with E-state index in [1.54, 1.807) is 6.26 Å².